The summed E-state index contributed by atoms with van der Waals surface area (Å²) in [4.78, 5) is 34.4. The van der Waals surface area contributed by atoms with E-state index < -0.39 is 61.9 Å². The largest absolute Gasteiger partial charge is 0.481 e. The van der Waals surface area contributed by atoms with Gasteiger partial charge in [-0.1, -0.05) is 44.2 Å². The molecule has 6 atom stereocenters. The standard InChI is InChI=1S/C26H37BN4O8/c1-16(2)12-22(27-38-23(20(34)8-11-32)24(39-27)21(35)15-33)31-25(36)18(13-17-6-4-3-5-7-17)30-26(37)19-14-28-9-10-29-19/h3-7,9-10,14,16,18,20-24,32-35H,8,11-13,15H2,1-2H3,(H,30,37)(H,31,36). The minimum atomic E-state index is -1.35. The molecule has 2 aromatic rings. The van der Waals surface area contributed by atoms with Gasteiger partial charge in [0.15, 0.2) is 0 Å². The van der Waals surface area contributed by atoms with Crippen LogP contribution >= 0.6 is 0 Å². The molecule has 6 N–H and O–H groups in total. The van der Waals surface area contributed by atoms with Crippen molar-refractivity contribution in [1.82, 2.24) is 20.6 Å². The molecule has 1 aliphatic rings. The molecule has 1 fully saturated rings. The van der Waals surface area contributed by atoms with Gasteiger partial charge in [0.25, 0.3) is 5.91 Å². The Morgan fingerprint density at radius 2 is 1.72 bits per heavy atom. The highest BCUT2D eigenvalue weighted by Gasteiger charge is 2.50. The number of rotatable bonds is 14. The van der Waals surface area contributed by atoms with Gasteiger partial charge in [-0.05, 0) is 24.3 Å². The van der Waals surface area contributed by atoms with Gasteiger partial charge in [0, 0.05) is 25.4 Å². The zero-order valence-corrected chi connectivity index (χ0v) is 22.1. The molecule has 2 amide bonds. The first-order valence-corrected chi connectivity index (χ1v) is 13.0. The van der Waals surface area contributed by atoms with Gasteiger partial charge in [-0.15, -0.1) is 0 Å². The molecular weight excluding hydrogens is 507 g/mol. The Morgan fingerprint density at radius 3 is 2.31 bits per heavy atom. The number of aliphatic hydroxyl groups excluding tert-OH is 4. The summed E-state index contributed by atoms with van der Waals surface area (Å²) in [6.45, 7) is 2.96. The SMILES string of the molecule is CC(C)CC(NC(=O)C(Cc1ccccc1)NC(=O)c1cnccn1)B1OC(C(O)CO)C(C(O)CCO)O1. The number of aromatic nitrogens is 2. The zero-order chi connectivity index (χ0) is 28.4. The monoisotopic (exact) mass is 544 g/mol. The maximum Gasteiger partial charge on any atom is 0.481 e. The predicted octanol–water partition coefficient (Wildman–Crippen LogP) is -0.743. The van der Waals surface area contributed by atoms with Crippen molar-refractivity contribution in [2.45, 2.75) is 69.5 Å². The lowest BCUT2D eigenvalue weighted by molar-refractivity contribution is -0.123. The third-order valence-corrected chi connectivity index (χ3v) is 6.36. The number of hydrogen-bond acceptors (Lipinski definition) is 10. The molecule has 0 radical (unpaired) electrons. The second-order valence-electron chi connectivity index (χ2n) is 9.95. The number of hydrogen-bond donors (Lipinski definition) is 6. The fourth-order valence-electron chi connectivity index (χ4n) is 4.44. The molecule has 2 heterocycles. The third-order valence-electron chi connectivity index (χ3n) is 6.36. The van der Waals surface area contributed by atoms with Crippen LogP contribution in [0.25, 0.3) is 0 Å². The molecule has 39 heavy (non-hydrogen) atoms. The van der Waals surface area contributed by atoms with Gasteiger partial charge >= 0.3 is 7.12 Å². The molecule has 13 heteroatoms. The molecule has 1 saturated heterocycles. The first-order chi connectivity index (χ1) is 18.7. The molecule has 6 unspecified atom stereocenters. The van der Waals surface area contributed by atoms with Gasteiger partial charge in [-0.2, -0.15) is 0 Å². The number of benzene rings is 1. The smallest absolute Gasteiger partial charge is 0.402 e. The van der Waals surface area contributed by atoms with Gasteiger partial charge in [0.1, 0.15) is 17.8 Å². The number of amides is 2. The molecule has 0 bridgehead atoms. The quantitative estimate of drug-likeness (QED) is 0.166. The van der Waals surface area contributed by atoms with E-state index in [0.29, 0.717) is 6.42 Å². The highest BCUT2D eigenvalue weighted by molar-refractivity contribution is 6.47. The van der Waals surface area contributed by atoms with Crippen molar-refractivity contribution in [1.29, 1.82) is 0 Å². The number of nitrogens with zero attached hydrogens (tertiary/aromatic N) is 2. The summed E-state index contributed by atoms with van der Waals surface area (Å²) in [5.74, 6) is -1.69. The van der Waals surface area contributed by atoms with E-state index in [1.807, 2.05) is 44.2 Å². The van der Waals surface area contributed by atoms with Crippen LogP contribution in [0.15, 0.2) is 48.9 Å². The lowest BCUT2D eigenvalue weighted by Gasteiger charge is -2.26. The topological polar surface area (TPSA) is 183 Å². The highest BCUT2D eigenvalue weighted by Crippen LogP contribution is 2.27. The lowest BCUT2D eigenvalue weighted by atomic mass is 9.74. The van der Waals surface area contributed by atoms with E-state index in [1.54, 1.807) is 0 Å². The van der Waals surface area contributed by atoms with Crippen molar-refractivity contribution in [3.8, 4) is 0 Å². The van der Waals surface area contributed by atoms with Crippen molar-refractivity contribution in [2.75, 3.05) is 13.2 Å². The van der Waals surface area contributed by atoms with E-state index in [2.05, 4.69) is 20.6 Å². The van der Waals surface area contributed by atoms with Crippen molar-refractivity contribution in [3.63, 3.8) is 0 Å². The van der Waals surface area contributed by atoms with E-state index in [0.717, 1.165) is 5.56 Å². The van der Waals surface area contributed by atoms with Crippen LogP contribution in [0, 0.1) is 5.92 Å². The number of aliphatic hydroxyl groups is 4. The van der Waals surface area contributed by atoms with Crippen LogP contribution < -0.4 is 10.6 Å². The Hall–Kier alpha value is -2.94. The molecule has 0 spiro atoms. The maximum atomic E-state index is 13.6. The molecule has 1 aromatic carbocycles. The second kappa shape index (κ2) is 15.0. The van der Waals surface area contributed by atoms with Crippen molar-refractivity contribution in [2.24, 2.45) is 5.92 Å². The van der Waals surface area contributed by atoms with Gasteiger partial charge < -0.3 is 40.4 Å². The summed E-state index contributed by atoms with van der Waals surface area (Å²) in [5.41, 5.74) is 0.885. The van der Waals surface area contributed by atoms with Crippen molar-refractivity contribution in [3.05, 3.63) is 60.2 Å². The Morgan fingerprint density at radius 1 is 1.03 bits per heavy atom. The molecular formula is C26H37BN4O8. The Bertz CT molecular complexity index is 1040. The van der Waals surface area contributed by atoms with Crippen LogP contribution in [-0.2, 0) is 20.5 Å². The van der Waals surface area contributed by atoms with Crippen LogP contribution in [0.2, 0.25) is 0 Å². The van der Waals surface area contributed by atoms with Crippen LogP contribution in [0.4, 0.5) is 0 Å². The normalized spacial score (nSPS) is 20.3. The van der Waals surface area contributed by atoms with Crippen molar-refractivity contribution < 1.29 is 39.3 Å². The second-order valence-corrected chi connectivity index (χ2v) is 9.95. The molecule has 12 nitrogen and oxygen atoms in total. The van der Waals surface area contributed by atoms with E-state index in [4.69, 9.17) is 9.31 Å². The zero-order valence-electron chi connectivity index (χ0n) is 22.1. The van der Waals surface area contributed by atoms with Gasteiger partial charge in [-0.25, -0.2) is 4.98 Å². The molecule has 3 rings (SSSR count). The van der Waals surface area contributed by atoms with Crippen LogP contribution in [-0.4, -0.2) is 98.9 Å². The third kappa shape index (κ3) is 8.78. The molecule has 1 aliphatic heterocycles. The van der Waals surface area contributed by atoms with Gasteiger partial charge in [0.2, 0.25) is 5.91 Å². The van der Waals surface area contributed by atoms with Gasteiger partial charge in [-0.3, -0.25) is 14.6 Å². The number of nitrogens with one attached hydrogen (secondary N) is 2. The molecule has 0 saturated carbocycles. The molecule has 1 aromatic heterocycles. The lowest BCUT2D eigenvalue weighted by Crippen LogP contribution is -2.55. The Labute approximate surface area is 227 Å². The van der Waals surface area contributed by atoms with E-state index >= 15 is 0 Å². The Balaban J connectivity index is 1.82. The number of carbonyl (C=O) groups excluding carboxylic acids is 2. The molecule has 212 valence electrons. The minimum Gasteiger partial charge on any atom is -0.402 e. The van der Waals surface area contributed by atoms with E-state index in [9.17, 15) is 30.0 Å². The van der Waals surface area contributed by atoms with Crippen LogP contribution in [0.3, 0.4) is 0 Å². The summed E-state index contributed by atoms with van der Waals surface area (Å²) in [5, 5.41) is 45.2. The van der Waals surface area contributed by atoms with E-state index in [-0.39, 0.29) is 31.1 Å². The van der Waals surface area contributed by atoms with Crippen LogP contribution in [0.5, 0.6) is 0 Å². The number of carbonyl (C=O) groups is 2. The predicted molar refractivity (Wildman–Crippen MR) is 141 cm³/mol. The minimum absolute atomic E-state index is 0.0236. The van der Waals surface area contributed by atoms with E-state index in [1.165, 1.54) is 18.6 Å². The fraction of sp³-hybridized carbons (Fsp3) is 0.538. The van der Waals surface area contributed by atoms with Crippen LogP contribution in [0.1, 0.15) is 42.7 Å². The maximum absolute atomic E-state index is 13.6. The van der Waals surface area contributed by atoms with Crippen molar-refractivity contribution >= 4 is 18.9 Å². The fourth-order valence-corrected chi connectivity index (χ4v) is 4.44. The summed E-state index contributed by atoms with van der Waals surface area (Å²) in [7, 11) is -1.06. The average molecular weight is 544 g/mol. The summed E-state index contributed by atoms with van der Waals surface area (Å²) in [6, 6.07) is 8.23. The molecule has 0 aliphatic carbocycles. The summed E-state index contributed by atoms with van der Waals surface area (Å²) in [6.07, 6.45) is 0.0860. The average Bonchev–Trinajstić information content (AvgIpc) is 3.38. The Kier molecular flexibility index (Phi) is 11.8. The first kappa shape index (κ1) is 30.6. The summed E-state index contributed by atoms with van der Waals surface area (Å²) >= 11 is 0. The first-order valence-electron chi connectivity index (χ1n) is 13.0. The van der Waals surface area contributed by atoms with Gasteiger partial charge in [0.05, 0.1) is 37.1 Å². The summed E-state index contributed by atoms with van der Waals surface area (Å²) < 4.78 is 11.9. The highest BCUT2D eigenvalue weighted by atomic mass is 16.7.